The van der Waals surface area contributed by atoms with E-state index in [0.29, 0.717) is 23.0 Å². The summed E-state index contributed by atoms with van der Waals surface area (Å²) in [5.41, 5.74) is 0.452. The van der Waals surface area contributed by atoms with E-state index in [1.165, 1.54) is 6.34 Å². The van der Waals surface area contributed by atoms with Crippen LogP contribution in [0, 0.1) is 0 Å². The Morgan fingerprint density at radius 2 is 2.26 bits per heavy atom. The molecule has 1 fully saturated rings. The number of aliphatic imine (C=N–C) groups is 3. The summed E-state index contributed by atoms with van der Waals surface area (Å²) in [7, 11) is 0. The highest BCUT2D eigenvalue weighted by molar-refractivity contribution is 7.82. The monoisotopic (exact) mass is 298 g/mol. The quantitative estimate of drug-likeness (QED) is 0.653. The van der Waals surface area contributed by atoms with Gasteiger partial charge in [-0.25, -0.2) is 15.0 Å². The number of aliphatic hydroxyl groups is 2. The molecule has 0 bridgehead atoms. The highest BCUT2D eigenvalue weighted by Crippen LogP contribution is 2.27. The molecule has 3 heterocycles. The van der Waals surface area contributed by atoms with Crippen LogP contribution in [0.2, 0.25) is 0 Å². The molecule has 2 N–H and O–H groups in total. The Morgan fingerprint density at radius 3 is 2.95 bits per heavy atom. The van der Waals surface area contributed by atoms with Crippen molar-refractivity contribution < 1.29 is 14.9 Å². The third-order valence-corrected chi connectivity index (χ3v) is 3.67. The summed E-state index contributed by atoms with van der Waals surface area (Å²) in [6.07, 6.45) is -0.217. The minimum Gasteiger partial charge on any atom is -0.394 e. The summed E-state index contributed by atoms with van der Waals surface area (Å²) in [4.78, 5) is 14.1. The van der Waals surface area contributed by atoms with E-state index in [4.69, 9.17) is 34.3 Å². The molecule has 0 aromatic heterocycles. The van der Waals surface area contributed by atoms with Crippen LogP contribution in [0.3, 0.4) is 0 Å². The van der Waals surface area contributed by atoms with Crippen LogP contribution < -0.4 is 0 Å². The van der Waals surface area contributed by atoms with Gasteiger partial charge in [0, 0.05) is 6.42 Å². The summed E-state index contributed by atoms with van der Waals surface area (Å²) in [5.74, 6) is 0.487. The van der Waals surface area contributed by atoms with E-state index in [9.17, 15) is 5.11 Å². The second-order valence-electron chi connectivity index (χ2n) is 4.23. The highest BCUT2D eigenvalue weighted by Gasteiger charge is 2.43. The molecule has 1 saturated heterocycles. The average Bonchev–Trinajstić information content (AvgIpc) is 2.90. The fourth-order valence-corrected chi connectivity index (χ4v) is 2.64. The molecule has 3 aliphatic heterocycles. The normalized spacial score (nSPS) is 33.6. The molecule has 0 aromatic rings. The van der Waals surface area contributed by atoms with E-state index < -0.39 is 18.4 Å². The van der Waals surface area contributed by atoms with Crippen molar-refractivity contribution in [1.29, 1.82) is 0 Å². The van der Waals surface area contributed by atoms with Crippen molar-refractivity contribution in [1.82, 2.24) is 4.90 Å². The van der Waals surface area contributed by atoms with Gasteiger partial charge in [-0.05, 0) is 12.2 Å². The van der Waals surface area contributed by atoms with Gasteiger partial charge in [0.25, 0.3) is 0 Å². The van der Waals surface area contributed by atoms with Crippen LogP contribution in [0.4, 0.5) is 0 Å². The Bertz CT molecular complexity index is 545. The van der Waals surface area contributed by atoms with Crippen LogP contribution in [0.25, 0.3) is 0 Å². The number of ether oxygens (including phenoxy) is 1. The molecular weight excluding hydrogens is 288 g/mol. The zero-order chi connectivity index (χ0) is 13.6. The second kappa shape index (κ2) is 4.76. The number of fused-ring (bicyclic) bond motifs is 1. The Labute approximate surface area is 119 Å². The smallest absolute Gasteiger partial charge is 0.204 e. The largest absolute Gasteiger partial charge is 0.394 e. The first-order valence-corrected chi connectivity index (χ1v) is 6.44. The molecule has 0 aliphatic carbocycles. The molecule has 7 nitrogen and oxygen atoms in total. The Balaban J connectivity index is 1.87. The van der Waals surface area contributed by atoms with Gasteiger partial charge in [0.1, 0.15) is 24.4 Å². The van der Waals surface area contributed by atoms with E-state index in [1.807, 2.05) is 0 Å². The fourth-order valence-electron chi connectivity index (χ4n) is 2.17. The van der Waals surface area contributed by atoms with Gasteiger partial charge >= 0.3 is 0 Å². The number of amidine groups is 1. The first-order chi connectivity index (χ1) is 9.11. The highest BCUT2D eigenvalue weighted by atomic mass is 32.1. The zero-order valence-corrected chi connectivity index (χ0v) is 11.3. The molecule has 9 heteroatoms. The van der Waals surface area contributed by atoms with Crippen LogP contribution in [0.15, 0.2) is 15.0 Å². The Morgan fingerprint density at radius 1 is 1.47 bits per heavy atom. The molecule has 0 spiro atoms. The van der Waals surface area contributed by atoms with E-state index in [1.54, 1.807) is 4.90 Å². The Hall–Kier alpha value is -1.13. The molecule has 3 rings (SSSR count). The van der Waals surface area contributed by atoms with Crippen LogP contribution in [0.1, 0.15) is 6.42 Å². The van der Waals surface area contributed by atoms with Crippen molar-refractivity contribution in [2.75, 3.05) is 6.61 Å². The third-order valence-electron chi connectivity index (χ3n) is 3.08. The summed E-state index contributed by atoms with van der Waals surface area (Å²) in [5, 5.41) is 19.1. The number of aliphatic hydroxyl groups excluding tert-OH is 2. The number of thiocarbonyl (C=S) groups is 2. The van der Waals surface area contributed by atoms with Crippen molar-refractivity contribution in [2.45, 2.75) is 24.9 Å². The summed E-state index contributed by atoms with van der Waals surface area (Å²) in [6.45, 7) is -0.252. The molecule has 3 atom stereocenters. The molecule has 19 heavy (non-hydrogen) atoms. The van der Waals surface area contributed by atoms with Gasteiger partial charge in [0.2, 0.25) is 5.11 Å². The lowest BCUT2D eigenvalue weighted by atomic mass is 10.2. The maximum Gasteiger partial charge on any atom is 0.204 e. The number of hydrogen-bond acceptors (Lipinski definition) is 6. The predicted octanol–water partition coefficient (Wildman–Crippen LogP) is -0.736. The molecule has 0 saturated carbocycles. The number of hydrogen-bond donors (Lipinski definition) is 2. The fraction of sp³-hybridized carbons (Fsp3) is 0.500. The lowest BCUT2D eigenvalue weighted by Gasteiger charge is -2.25. The third kappa shape index (κ3) is 2.03. The van der Waals surface area contributed by atoms with Gasteiger partial charge in [-0.15, -0.1) is 0 Å². The zero-order valence-electron chi connectivity index (χ0n) is 9.63. The lowest BCUT2D eigenvalue weighted by Crippen LogP contribution is -2.43. The minimum absolute atomic E-state index is 0.252. The van der Waals surface area contributed by atoms with E-state index in [0.717, 1.165) is 0 Å². The van der Waals surface area contributed by atoms with Gasteiger partial charge in [-0.3, -0.25) is 4.90 Å². The van der Waals surface area contributed by atoms with Gasteiger partial charge in [-0.1, -0.05) is 12.2 Å². The second-order valence-corrected chi connectivity index (χ2v) is 4.98. The topological polar surface area (TPSA) is 90.0 Å². The molecule has 0 unspecified atom stereocenters. The number of nitrogens with zero attached hydrogens (tertiary/aromatic N) is 4. The lowest BCUT2D eigenvalue weighted by molar-refractivity contribution is -0.0435. The molecule has 100 valence electrons. The molecule has 3 aliphatic rings. The Kier molecular flexibility index (Phi) is 3.23. The maximum absolute atomic E-state index is 9.77. The summed E-state index contributed by atoms with van der Waals surface area (Å²) >= 11 is 10.2. The minimum atomic E-state index is -0.744. The van der Waals surface area contributed by atoms with Crippen molar-refractivity contribution in [3.05, 3.63) is 0 Å². The SMILES string of the molecule is OC[C@@H]1O[C@@H](N2C(=S)N=C3C(=S)N=CN=C32)C[C@H]1O. The van der Waals surface area contributed by atoms with Gasteiger partial charge < -0.3 is 14.9 Å². The van der Waals surface area contributed by atoms with Gasteiger partial charge in [0.15, 0.2) is 10.8 Å². The summed E-state index contributed by atoms with van der Waals surface area (Å²) < 4.78 is 5.56. The van der Waals surface area contributed by atoms with Crippen LogP contribution in [-0.2, 0) is 4.74 Å². The summed E-state index contributed by atoms with van der Waals surface area (Å²) in [6, 6.07) is 0. The van der Waals surface area contributed by atoms with Crippen LogP contribution in [-0.4, -0.2) is 68.1 Å². The first kappa shape index (κ1) is 12.9. The molecule has 0 radical (unpaired) electrons. The molecule has 0 amide bonds. The molecular formula is C10H10N4O3S2. The van der Waals surface area contributed by atoms with Crippen molar-refractivity contribution in [3.8, 4) is 0 Å². The van der Waals surface area contributed by atoms with E-state index >= 15 is 0 Å². The van der Waals surface area contributed by atoms with Gasteiger partial charge in [0.05, 0.1) is 12.7 Å². The maximum atomic E-state index is 9.77. The number of rotatable bonds is 2. The van der Waals surface area contributed by atoms with E-state index in [2.05, 4.69) is 15.0 Å². The van der Waals surface area contributed by atoms with Gasteiger partial charge in [-0.2, -0.15) is 0 Å². The van der Waals surface area contributed by atoms with Crippen LogP contribution >= 0.6 is 24.4 Å². The standard InChI is InChI=1S/C10H10N4O3S2/c15-2-5-4(16)1-6(17-5)14-8-7(13-10(14)19)9(18)12-3-11-8/h3-6,15-16H,1-2H2/t4-,5+,6-/m1/s1. The van der Waals surface area contributed by atoms with Crippen molar-refractivity contribution >= 4 is 52.4 Å². The predicted molar refractivity (Wildman–Crippen MR) is 76.8 cm³/mol. The average molecular weight is 298 g/mol. The van der Waals surface area contributed by atoms with E-state index in [-0.39, 0.29) is 11.7 Å². The first-order valence-electron chi connectivity index (χ1n) is 5.63. The van der Waals surface area contributed by atoms with Crippen molar-refractivity contribution in [2.24, 2.45) is 15.0 Å². The molecule has 0 aromatic carbocycles. The van der Waals surface area contributed by atoms with Crippen molar-refractivity contribution in [3.63, 3.8) is 0 Å². The van der Waals surface area contributed by atoms with Crippen LogP contribution in [0.5, 0.6) is 0 Å².